The standard InChI is InChI=1S/C20H22ClN5O2/c1-2-26-19(27)8-7-18(24-26)25-9-3-4-15(12-25)22-20(28)17-11-13-10-14(21)5-6-16(13)23-17/h5-8,10-11,15,23H,2-4,9,12H2,1H3,(H,22,28). The number of H-pyrrole nitrogens is 1. The van der Waals surface area contributed by atoms with E-state index in [2.05, 4.69) is 20.3 Å². The Bertz CT molecular complexity index is 1070. The number of aromatic nitrogens is 3. The zero-order valence-electron chi connectivity index (χ0n) is 15.6. The van der Waals surface area contributed by atoms with Crippen LogP contribution in [0.1, 0.15) is 30.3 Å². The molecule has 1 saturated heterocycles. The van der Waals surface area contributed by atoms with Crippen LogP contribution >= 0.6 is 11.6 Å². The van der Waals surface area contributed by atoms with Crippen LogP contribution in [0.15, 0.2) is 41.2 Å². The molecule has 3 heterocycles. The number of fused-ring (bicyclic) bond motifs is 1. The molecular weight excluding hydrogens is 378 g/mol. The second kappa shape index (κ2) is 7.67. The van der Waals surface area contributed by atoms with Gasteiger partial charge in [-0.15, -0.1) is 0 Å². The van der Waals surface area contributed by atoms with Crippen molar-refractivity contribution in [3.05, 3.63) is 57.5 Å². The lowest BCUT2D eigenvalue weighted by Gasteiger charge is -2.33. The van der Waals surface area contributed by atoms with Gasteiger partial charge >= 0.3 is 0 Å². The average Bonchev–Trinajstić information content (AvgIpc) is 3.12. The zero-order valence-corrected chi connectivity index (χ0v) is 16.4. The molecule has 1 aliphatic rings. The first kappa shape index (κ1) is 18.6. The van der Waals surface area contributed by atoms with Crippen molar-refractivity contribution >= 4 is 34.2 Å². The summed E-state index contributed by atoms with van der Waals surface area (Å²) in [6.45, 7) is 3.94. The molecule has 0 saturated carbocycles. The van der Waals surface area contributed by atoms with E-state index in [-0.39, 0.29) is 17.5 Å². The maximum absolute atomic E-state index is 12.7. The Morgan fingerprint density at radius 1 is 1.32 bits per heavy atom. The van der Waals surface area contributed by atoms with E-state index in [9.17, 15) is 9.59 Å². The van der Waals surface area contributed by atoms with Crippen molar-refractivity contribution in [3.63, 3.8) is 0 Å². The highest BCUT2D eigenvalue weighted by molar-refractivity contribution is 6.31. The predicted octanol–water partition coefficient (Wildman–Crippen LogP) is 2.80. The number of nitrogens with zero attached hydrogens (tertiary/aromatic N) is 3. The number of anilines is 1. The molecule has 1 aromatic carbocycles. The fourth-order valence-corrected chi connectivity index (χ4v) is 3.81. The minimum atomic E-state index is -0.134. The molecule has 7 nitrogen and oxygen atoms in total. The minimum absolute atomic E-state index is 0.0139. The Morgan fingerprint density at radius 2 is 2.18 bits per heavy atom. The number of piperidine rings is 1. The summed E-state index contributed by atoms with van der Waals surface area (Å²) in [5, 5.41) is 9.08. The van der Waals surface area contributed by atoms with Gasteiger partial charge in [-0.3, -0.25) is 9.59 Å². The number of halogens is 1. The summed E-state index contributed by atoms with van der Waals surface area (Å²) < 4.78 is 1.45. The number of hydrogen-bond acceptors (Lipinski definition) is 4. The number of benzene rings is 1. The van der Waals surface area contributed by atoms with Crippen molar-refractivity contribution < 1.29 is 4.79 Å². The Balaban J connectivity index is 1.47. The molecule has 28 heavy (non-hydrogen) atoms. The Morgan fingerprint density at radius 3 is 3.00 bits per heavy atom. The van der Waals surface area contributed by atoms with Crippen molar-refractivity contribution in [2.45, 2.75) is 32.4 Å². The van der Waals surface area contributed by atoms with Gasteiger partial charge in [0, 0.05) is 47.7 Å². The number of aromatic amines is 1. The van der Waals surface area contributed by atoms with Crippen LogP contribution in [0.3, 0.4) is 0 Å². The maximum Gasteiger partial charge on any atom is 0.268 e. The largest absolute Gasteiger partial charge is 0.353 e. The SMILES string of the molecule is CCn1nc(N2CCCC(NC(=O)c3cc4cc(Cl)ccc4[nH]3)C2)ccc1=O. The van der Waals surface area contributed by atoms with Gasteiger partial charge < -0.3 is 15.2 Å². The summed E-state index contributed by atoms with van der Waals surface area (Å²) in [4.78, 5) is 29.7. The molecule has 0 radical (unpaired) electrons. The predicted molar refractivity (Wildman–Crippen MR) is 110 cm³/mol. The van der Waals surface area contributed by atoms with Crippen molar-refractivity contribution in [1.29, 1.82) is 0 Å². The van der Waals surface area contributed by atoms with Crippen LogP contribution in [0.25, 0.3) is 10.9 Å². The lowest BCUT2D eigenvalue weighted by Crippen LogP contribution is -2.48. The van der Waals surface area contributed by atoms with E-state index in [0.29, 0.717) is 23.8 Å². The van der Waals surface area contributed by atoms with Gasteiger partial charge in [0.2, 0.25) is 0 Å². The van der Waals surface area contributed by atoms with Crippen LogP contribution < -0.4 is 15.8 Å². The molecule has 0 bridgehead atoms. The van der Waals surface area contributed by atoms with E-state index >= 15 is 0 Å². The molecule has 3 aromatic rings. The van der Waals surface area contributed by atoms with Gasteiger partial charge in [0.25, 0.3) is 11.5 Å². The van der Waals surface area contributed by atoms with E-state index in [4.69, 9.17) is 11.6 Å². The van der Waals surface area contributed by atoms with Gasteiger partial charge in [-0.05, 0) is 50.1 Å². The lowest BCUT2D eigenvalue weighted by molar-refractivity contribution is 0.0929. The van der Waals surface area contributed by atoms with Crippen LogP contribution in [0.4, 0.5) is 5.82 Å². The van der Waals surface area contributed by atoms with Crippen LogP contribution in [-0.4, -0.2) is 39.8 Å². The highest BCUT2D eigenvalue weighted by Crippen LogP contribution is 2.21. The minimum Gasteiger partial charge on any atom is -0.353 e. The molecule has 1 amide bonds. The Hall–Kier alpha value is -2.80. The number of hydrogen-bond donors (Lipinski definition) is 2. The van der Waals surface area contributed by atoms with Gasteiger partial charge in [0.1, 0.15) is 11.5 Å². The van der Waals surface area contributed by atoms with E-state index in [0.717, 1.165) is 36.1 Å². The molecule has 146 valence electrons. The molecule has 1 atom stereocenters. The fraction of sp³-hybridized carbons (Fsp3) is 0.350. The first-order valence-corrected chi connectivity index (χ1v) is 9.83. The average molecular weight is 400 g/mol. The quantitative estimate of drug-likeness (QED) is 0.706. The molecule has 4 rings (SSSR count). The number of carbonyl (C=O) groups excluding carboxylic acids is 1. The number of aryl methyl sites for hydroxylation is 1. The zero-order chi connectivity index (χ0) is 19.7. The molecule has 1 fully saturated rings. The molecule has 2 aromatic heterocycles. The summed E-state index contributed by atoms with van der Waals surface area (Å²) >= 11 is 6.02. The smallest absolute Gasteiger partial charge is 0.268 e. The molecule has 1 aliphatic heterocycles. The fourth-order valence-electron chi connectivity index (χ4n) is 3.63. The third kappa shape index (κ3) is 3.75. The van der Waals surface area contributed by atoms with Crippen LogP contribution in [0, 0.1) is 0 Å². The number of carbonyl (C=O) groups is 1. The molecular formula is C20H22ClN5O2. The van der Waals surface area contributed by atoms with Crippen LogP contribution in [-0.2, 0) is 6.54 Å². The van der Waals surface area contributed by atoms with E-state index in [1.807, 2.05) is 25.1 Å². The summed E-state index contributed by atoms with van der Waals surface area (Å²) in [5.41, 5.74) is 1.30. The summed E-state index contributed by atoms with van der Waals surface area (Å²) in [7, 11) is 0. The first-order valence-electron chi connectivity index (χ1n) is 9.46. The van der Waals surface area contributed by atoms with E-state index in [1.54, 1.807) is 18.2 Å². The number of amides is 1. The van der Waals surface area contributed by atoms with Gasteiger partial charge in [-0.25, -0.2) is 4.68 Å². The summed E-state index contributed by atoms with van der Waals surface area (Å²) in [6.07, 6.45) is 1.85. The van der Waals surface area contributed by atoms with Gasteiger partial charge in [0.05, 0.1) is 0 Å². The number of rotatable bonds is 4. The second-order valence-corrected chi connectivity index (χ2v) is 7.46. The molecule has 0 spiro atoms. The third-order valence-corrected chi connectivity index (χ3v) is 5.30. The third-order valence-electron chi connectivity index (χ3n) is 5.06. The van der Waals surface area contributed by atoms with Crippen molar-refractivity contribution in [2.75, 3.05) is 18.0 Å². The molecule has 0 aliphatic carbocycles. The Kier molecular flexibility index (Phi) is 5.09. The highest BCUT2D eigenvalue weighted by Gasteiger charge is 2.23. The summed E-state index contributed by atoms with van der Waals surface area (Å²) in [5.74, 6) is 0.631. The van der Waals surface area contributed by atoms with Crippen molar-refractivity contribution in [2.24, 2.45) is 0 Å². The Labute approximate surface area is 167 Å². The van der Waals surface area contributed by atoms with Crippen molar-refractivity contribution in [1.82, 2.24) is 20.1 Å². The molecule has 1 unspecified atom stereocenters. The van der Waals surface area contributed by atoms with Gasteiger partial charge in [-0.2, -0.15) is 5.10 Å². The van der Waals surface area contributed by atoms with Crippen LogP contribution in [0.2, 0.25) is 5.02 Å². The molecule has 2 N–H and O–H groups in total. The van der Waals surface area contributed by atoms with E-state index in [1.165, 1.54) is 4.68 Å². The first-order chi connectivity index (χ1) is 13.5. The van der Waals surface area contributed by atoms with Gasteiger partial charge in [-0.1, -0.05) is 11.6 Å². The monoisotopic (exact) mass is 399 g/mol. The van der Waals surface area contributed by atoms with Gasteiger partial charge in [0.15, 0.2) is 0 Å². The van der Waals surface area contributed by atoms with E-state index < -0.39 is 0 Å². The topological polar surface area (TPSA) is 83.0 Å². The van der Waals surface area contributed by atoms with Crippen molar-refractivity contribution in [3.8, 4) is 0 Å². The lowest BCUT2D eigenvalue weighted by atomic mass is 10.1. The second-order valence-electron chi connectivity index (χ2n) is 7.02. The maximum atomic E-state index is 12.7. The molecule has 8 heteroatoms. The summed E-state index contributed by atoms with van der Waals surface area (Å²) in [6, 6.07) is 10.6. The number of nitrogens with one attached hydrogen (secondary N) is 2. The van der Waals surface area contributed by atoms with Crippen LogP contribution in [0.5, 0.6) is 0 Å². The highest BCUT2D eigenvalue weighted by atomic mass is 35.5. The normalized spacial score (nSPS) is 17.1.